The van der Waals surface area contributed by atoms with E-state index in [1.807, 2.05) is 0 Å². The number of nitrogens with one attached hydrogen (secondary N) is 1. The van der Waals surface area contributed by atoms with Gasteiger partial charge in [-0.3, -0.25) is 0 Å². The molecule has 0 saturated heterocycles. The van der Waals surface area contributed by atoms with E-state index in [2.05, 4.69) is 10.1 Å². The van der Waals surface area contributed by atoms with Crippen molar-refractivity contribution in [1.82, 2.24) is 5.32 Å². The molecule has 7 heteroatoms. The molecule has 0 heterocycles. The van der Waals surface area contributed by atoms with Gasteiger partial charge in [0.25, 0.3) is 0 Å². The van der Waals surface area contributed by atoms with E-state index in [4.69, 9.17) is 5.11 Å². The molecule has 1 rings (SSSR count). The van der Waals surface area contributed by atoms with E-state index < -0.39 is 6.36 Å². The molecule has 0 saturated carbocycles. The number of hydrogen-bond acceptors (Lipinski definition) is 4. The fraction of sp³-hybridized carbons (Fsp3) is 0.538. The van der Waals surface area contributed by atoms with Crippen molar-refractivity contribution in [3.63, 3.8) is 0 Å². The van der Waals surface area contributed by atoms with E-state index in [9.17, 15) is 13.2 Å². The highest BCUT2D eigenvalue weighted by atomic mass is 32.2. The molecule has 1 aromatic carbocycles. The molecule has 3 nitrogen and oxygen atoms in total. The summed E-state index contributed by atoms with van der Waals surface area (Å²) in [6.45, 7) is 1.46. The monoisotopic (exact) mass is 309 g/mol. The van der Waals surface area contributed by atoms with Crippen molar-refractivity contribution in [2.75, 3.05) is 24.7 Å². The van der Waals surface area contributed by atoms with Crippen LogP contribution < -0.4 is 10.1 Å². The van der Waals surface area contributed by atoms with Crippen LogP contribution in [0.15, 0.2) is 24.3 Å². The van der Waals surface area contributed by atoms with Gasteiger partial charge in [-0.15, -0.1) is 13.2 Å². The summed E-state index contributed by atoms with van der Waals surface area (Å²) in [5, 5.41) is 11.8. The highest BCUT2D eigenvalue weighted by molar-refractivity contribution is 7.99. The average molecular weight is 309 g/mol. The number of aliphatic hydroxyl groups excluding tert-OH is 1. The standard InChI is InChI=1S/C13H18F3NO2S/c14-13(15,16)19-12-4-1-3-11(9-12)10-17-5-8-20-7-2-6-18/h1,3-4,9,17-18H,2,5-8,10H2. The van der Waals surface area contributed by atoms with Crippen molar-refractivity contribution in [2.45, 2.75) is 19.3 Å². The third kappa shape index (κ3) is 8.29. The topological polar surface area (TPSA) is 41.5 Å². The zero-order chi connectivity index (χ0) is 14.8. The maximum Gasteiger partial charge on any atom is 0.573 e. The highest BCUT2D eigenvalue weighted by Gasteiger charge is 2.31. The fourth-order valence-electron chi connectivity index (χ4n) is 1.50. The number of hydrogen-bond donors (Lipinski definition) is 2. The molecule has 0 aromatic heterocycles. The first-order valence-corrected chi connectivity index (χ1v) is 7.41. The van der Waals surface area contributed by atoms with Crippen LogP contribution in [-0.2, 0) is 6.54 Å². The minimum absolute atomic E-state index is 0.200. The summed E-state index contributed by atoms with van der Waals surface area (Å²) in [6.07, 6.45) is -3.88. The van der Waals surface area contributed by atoms with Gasteiger partial charge in [-0.2, -0.15) is 11.8 Å². The maximum atomic E-state index is 12.1. The van der Waals surface area contributed by atoms with Crippen LogP contribution in [0.1, 0.15) is 12.0 Å². The zero-order valence-electron chi connectivity index (χ0n) is 10.9. The summed E-state index contributed by atoms with van der Waals surface area (Å²) in [5.74, 6) is 1.61. The molecule has 114 valence electrons. The summed E-state index contributed by atoms with van der Waals surface area (Å²) >= 11 is 1.73. The van der Waals surface area contributed by atoms with Crippen LogP contribution in [0.3, 0.4) is 0 Å². The minimum Gasteiger partial charge on any atom is -0.406 e. The zero-order valence-corrected chi connectivity index (χ0v) is 11.8. The molecule has 0 spiro atoms. The van der Waals surface area contributed by atoms with Crippen molar-refractivity contribution in [3.8, 4) is 5.75 Å². The molecule has 0 unspecified atom stereocenters. The highest BCUT2D eigenvalue weighted by Crippen LogP contribution is 2.23. The fourth-order valence-corrected chi connectivity index (χ4v) is 2.32. The molecule has 0 aliphatic heterocycles. The molecule has 0 bridgehead atoms. The number of benzene rings is 1. The van der Waals surface area contributed by atoms with Gasteiger partial charge < -0.3 is 15.2 Å². The summed E-state index contributed by atoms with van der Waals surface area (Å²) in [5.41, 5.74) is 0.743. The van der Waals surface area contributed by atoms with Gasteiger partial charge >= 0.3 is 6.36 Å². The number of thioether (sulfide) groups is 1. The molecule has 2 N–H and O–H groups in total. The van der Waals surface area contributed by atoms with Crippen LogP contribution in [0.5, 0.6) is 5.75 Å². The van der Waals surface area contributed by atoms with Crippen molar-refractivity contribution in [3.05, 3.63) is 29.8 Å². The van der Waals surface area contributed by atoms with E-state index in [1.54, 1.807) is 17.8 Å². The number of ether oxygens (including phenoxy) is 1. The lowest BCUT2D eigenvalue weighted by atomic mass is 10.2. The van der Waals surface area contributed by atoms with Crippen LogP contribution in [0.25, 0.3) is 0 Å². The lowest BCUT2D eigenvalue weighted by molar-refractivity contribution is -0.274. The smallest absolute Gasteiger partial charge is 0.406 e. The van der Waals surface area contributed by atoms with E-state index in [1.165, 1.54) is 18.2 Å². The van der Waals surface area contributed by atoms with Crippen molar-refractivity contribution >= 4 is 11.8 Å². The first-order valence-electron chi connectivity index (χ1n) is 6.25. The summed E-state index contributed by atoms with van der Waals surface area (Å²) in [6, 6.07) is 5.93. The van der Waals surface area contributed by atoms with Crippen LogP contribution in [-0.4, -0.2) is 36.1 Å². The molecule has 1 aromatic rings. The first kappa shape index (κ1) is 17.1. The van der Waals surface area contributed by atoms with Gasteiger partial charge in [0.2, 0.25) is 0 Å². The molecule has 0 amide bonds. The average Bonchev–Trinajstić information content (AvgIpc) is 2.36. The van der Waals surface area contributed by atoms with E-state index in [-0.39, 0.29) is 12.4 Å². The van der Waals surface area contributed by atoms with Gasteiger partial charge in [0.05, 0.1) is 0 Å². The molecular weight excluding hydrogens is 291 g/mol. The lowest BCUT2D eigenvalue weighted by Gasteiger charge is -2.10. The third-order valence-corrected chi connectivity index (χ3v) is 3.40. The van der Waals surface area contributed by atoms with E-state index >= 15 is 0 Å². The van der Waals surface area contributed by atoms with E-state index in [0.717, 1.165) is 30.0 Å². The molecule has 0 radical (unpaired) electrons. The Kier molecular flexibility index (Phi) is 7.79. The summed E-state index contributed by atoms with van der Waals surface area (Å²) in [7, 11) is 0. The SMILES string of the molecule is OCCCSCCNCc1cccc(OC(F)(F)F)c1. The largest absolute Gasteiger partial charge is 0.573 e. The number of aliphatic hydroxyl groups is 1. The Balaban J connectivity index is 2.25. The van der Waals surface area contributed by atoms with Gasteiger partial charge in [-0.05, 0) is 29.9 Å². The number of halogens is 3. The Morgan fingerprint density at radius 1 is 1.25 bits per heavy atom. The van der Waals surface area contributed by atoms with Gasteiger partial charge in [0.15, 0.2) is 0 Å². The van der Waals surface area contributed by atoms with Crippen LogP contribution in [0, 0.1) is 0 Å². The lowest BCUT2D eigenvalue weighted by Crippen LogP contribution is -2.18. The van der Waals surface area contributed by atoms with Gasteiger partial charge in [-0.1, -0.05) is 12.1 Å². The Morgan fingerprint density at radius 2 is 2.05 bits per heavy atom. The minimum atomic E-state index is -4.66. The normalized spacial score (nSPS) is 11.6. The summed E-state index contributed by atoms with van der Waals surface area (Å²) < 4.78 is 40.1. The molecular formula is C13H18F3NO2S. The predicted molar refractivity (Wildman–Crippen MR) is 73.9 cm³/mol. The first-order chi connectivity index (χ1) is 9.51. The Hall–Kier alpha value is -0.920. The van der Waals surface area contributed by atoms with Gasteiger partial charge in [0.1, 0.15) is 5.75 Å². The molecule has 0 aliphatic rings. The quantitative estimate of drug-likeness (QED) is 0.688. The van der Waals surface area contributed by atoms with Gasteiger partial charge in [0, 0.05) is 25.4 Å². The second-order valence-electron chi connectivity index (χ2n) is 4.06. The molecule has 0 atom stereocenters. The van der Waals surface area contributed by atoms with Crippen molar-refractivity contribution in [2.24, 2.45) is 0 Å². The Labute approximate surface area is 120 Å². The van der Waals surface area contributed by atoms with Crippen LogP contribution in [0.2, 0.25) is 0 Å². The third-order valence-electron chi connectivity index (χ3n) is 2.33. The van der Waals surface area contributed by atoms with Crippen molar-refractivity contribution in [1.29, 1.82) is 0 Å². The maximum absolute atomic E-state index is 12.1. The van der Waals surface area contributed by atoms with E-state index in [0.29, 0.717) is 6.54 Å². The molecule has 0 aliphatic carbocycles. The Bertz CT molecular complexity index is 388. The summed E-state index contributed by atoms with van der Waals surface area (Å²) in [4.78, 5) is 0. The Morgan fingerprint density at radius 3 is 2.75 bits per heavy atom. The van der Waals surface area contributed by atoms with Crippen LogP contribution >= 0.6 is 11.8 Å². The van der Waals surface area contributed by atoms with Gasteiger partial charge in [-0.25, -0.2) is 0 Å². The molecule has 0 fully saturated rings. The second kappa shape index (κ2) is 9.10. The van der Waals surface area contributed by atoms with Crippen LogP contribution in [0.4, 0.5) is 13.2 Å². The van der Waals surface area contributed by atoms with Crippen molar-refractivity contribution < 1.29 is 23.0 Å². The number of alkyl halides is 3. The second-order valence-corrected chi connectivity index (χ2v) is 5.29. The predicted octanol–water partition coefficient (Wildman–Crippen LogP) is 2.79. The number of rotatable bonds is 9. The molecule has 20 heavy (non-hydrogen) atoms.